The van der Waals surface area contributed by atoms with Crippen LogP contribution >= 0.6 is 0 Å². The molecular formula is C13H16N4O2. The third-order valence-electron chi connectivity index (χ3n) is 2.70. The van der Waals surface area contributed by atoms with E-state index in [1.54, 1.807) is 23.9 Å². The second-order valence-corrected chi connectivity index (χ2v) is 4.49. The number of carbonyl (C=O) groups is 1. The molecule has 0 saturated carbocycles. The Balaban J connectivity index is 2.02. The van der Waals surface area contributed by atoms with Crippen molar-refractivity contribution in [2.24, 2.45) is 0 Å². The number of amides is 1. The van der Waals surface area contributed by atoms with Gasteiger partial charge in [0.15, 0.2) is 0 Å². The van der Waals surface area contributed by atoms with Crippen LogP contribution in [0.2, 0.25) is 0 Å². The maximum absolute atomic E-state index is 12.0. The first kappa shape index (κ1) is 13.1. The third kappa shape index (κ3) is 3.31. The highest BCUT2D eigenvalue weighted by atomic mass is 16.2. The zero-order chi connectivity index (χ0) is 13.8. The average Bonchev–Trinajstić information content (AvgIpc) is 2.81. The predicted molar refractivity (Wildman–Crippen MR) is 71.0 cm³/mol. The van der Waals surface area contributed by atoms with Crippen molar-refractivity contribution in [2.45, 2.75) is 26.4 Å². The Morgan fingerprint density at radius 2 is 2.32 bits per heavy atom. The Labute approximate surface area is 110 Å². The lowest BCUT2D eigenvalue weighted by molar-refractivity contribution is 0.0934. The third-order valence-corrected chi connectivity index (χ3v) is 2.70. The van der Waals surface area contributed by atoms with Gasteiger partial charge in [0, 0.05) is 24.1 Å². The van der Waals surface area contributed by atoms with Crippen molar-refractivity contribution in [3.63, 3.8) is 0 Å². The molecule has 0 aromatic carbocycles. The number of carbonyl (C=O) groups excluding carboxylic acids is 1. The molecule has 100 valence electrons. The highest BCUT2D eigenvalue weighted by molar-refractivity contribution is 5.93. The van der Waals surface area contributed by atoms with Gasteiger partial charge in [-0.05, 0) is 32.0 Å². The molecular weight excluding hydrogens is 244 g/mol. The van der Waals surface area contributed by atoms with Gasteiger partial charge < -0.3 is 10.3 Å². The van der Waals surface area contributed by atoms with E-state index in [9.17, 15) is 9.59 Å². The van der Waals surface area contributed by atoms with E-state index in [1.807, 2.05) is 19.2 Å². The summed E-state index contributed by atoms with van der Waals surface area (Å²) in [6.45, 7) is 4.19. The van der Waals surface area contributed by atoms with Gasteiger partial charge in [-0.25, -0.2) is 0 Å². The van der Waals surface area contributed by atoms with E-state index >= 15 is 0 Å². The molecule has 2 rings (SSSR count). The average molecular weight is 260 g/mol. The van der Waals surface area contributed by atoms with Crippen molar-refractivity contribution in [3.05, 3.63) is 52.2 Å². The number of pyridine rings is 1. The summed E-state index contributed by atoms with van der Waals surface area (Å²) < 4.78 is 1.73. The molecule has 2 N–H and O–H groups in total. The van der Waals surface area contributed by atoms with Crippen LogP contribution in [-0.2, 0) is 6.54 Å². The van der Waals surface area contributed by atoms with Gasteiger partial charge >= 0.3 is 0 Å². The van der Waals surface area contributed by atoms with Crippen LogP contribution in [0.3, 0.4) is 0 Å². The fraction of sp³-hybridized carbons (Fsp3) is 0.308. The zero-order valence-corrected chi connectivity index (χ0v) is 10.9. The quantitative estimate of drug-likeness (QED) is 0.849. The van der Waals surface area contributed by atoms with Crippen LogP contribution in [0.5, 0.6) is 0 Å². The van der Waals surface area contributed by atoms with Gasteiger partial charge in [-0.15, -0.1) is 0 Å². The number of H-pyrrole nitrogens is 1. The number of nitrogens with zero attached hydrogens (tertiary/aromatic N) is 2. The van der Waals surface area contributed by atoms with E-state index in [1.165, 1.54) is 6.07 Å². The number of rotatable bonds is 4. The summed E-state index contributed by atoms with van der Waals surface area (Å²) in [6.07, 6.45) is 3.50. The molecule has 1 atom stereocenters. The molecule has 0 spiro atoms. The highest BCUT2D eigenvalue weighted by Crippen LogP contribution is 1.96. The number of aromatic nitrogens is 3. The van der Waals surface area contributed by atoms with Crippen LogP contribution in [0.15, 0.2) is 35.4 Å². The van der Waals surface area contributed by atoms with Crippen LogP contribution < -0.4 is 10.9 Å². The molecule has 0 aliphatic heterocycles. The van der Waals surface area contributed by atoms with E-state index in [0.29, 0.717) is 6.54 Å². The molecule has 0 bridgehead atoms. The summed E-state index contributed by atoms with van der Waals surface area (Å²) in [5.41, 5.74) is 0.479. The lowest BCUT2D eigenvalue weighted by atomic mass is 10.2. The van der Waals surface area contributed by atoms with Crippen molar-refractivity contribution in [3.8, 4) is 0 Å². The Hall–Kier alpha value is -2.37. The SMILES string of the molecule is Cc1ccc(C(=O)N[C@@H](C)Cn2cccn2)c(=O)[nH]1. The molecule has 0 saturated heterocycles. The molecule has 0 unspecified atom stereocenters. The summed E-state index contributed by atoms with van der Waals surface area (Å²) >= 11 is 0. The monoisotopic (exact) mass is 260 g/mol. The molecule has 6 heteroatoms. The normalized spacial score (nSPS) is 12.1. The number of aryl methyl sites for hydroxylation is 1. The Bertz CT molecular complexity index is 616. The van der Waals surface area contributed by atoms with Gasteiger partial charge in [0.05, 0.1) is 6.54 Å². The highest BCUT2D eigenvalue weighted by Gasteiger charge is 2.13. The first-order chi connectivity index (χ1) is 9.06. The molecule has 2 aromatic rings. The molecule has 0 fully saturated rings. The second kappa shape index (κ2) is 5.51. The maximum Gasteiger partial charge on any atom is 0.260 e. The Morgan fingerprint density at radius 1 is 1.53 bits per heavy atom. The first-order valence-electron chi connectivity index (χ1n) is 6.04. The lowest BCUT2D eigenvalue weighted by Gasteiger charge is -2.13. The predicted octanol–water partition coefficient (Wildman–Crippen LogP) is 0.698. The minimum atomic E-state index is -0.374. The van der Waals surface area contributed by atoms with Crippen molar-refractivity contribution < 1.29 is 4.79 Å². The van der Waals surface area contributed by atoms with Gasteiger partial charge in [0.2, 0.25) is 0 Å². The molecule has 0 aliphatic carbocycles. The van der Waals surface area contributed by atoms with E-state index in [2.05, 4.69) is 15.4 Å². The van der Waals surface area contributed by atoms with Gasteiger partial charge in [-0.2, -0.15) is 5.10 Å². The standard InChI is InChI=1S/C13H16N4O2/c1-9-4-5-11(12(18)15-9)13(19)16-10(2)8-17-7-3-6-14-17/h3-7,10H,8H2,1-2H3,(H,15,18)(H,16,19)/t10-/m0/s1. The van der Waals surface area contributed by atoms with Crippen LogP contribution in [0, 0.1) is 6.92 Å². The van der Waals surface area contributed by atoms with Crippen LogP contribution in [-0.4, -0.2) is 26.7 Å². The molecule has 0 radical (unpaired) electrons. The van der Waals surface area contributed by atoms with Gasteiger partial charge in [-0.3, -0.25) is 14.3 Å². The van der Waals surface area contributed by atoms with Crippen molar-refractivity contribution in [1.29, 1.82) is 0 Å². The summed E-state index contributed by atoms with van der Waals surface area (Å²) in [4.78, 5) is 26.2. The fourth-order valence-corrected chi connectivity index (χ4v) is 1.79. The minimum absolute atomic E-state index is 0.117. The van der Waals surface area contributed by atoms with Crippen LogP contribution in [0.25, 0.3) is 0 Å². The topological polar surface area (TPSA) is 79.8 Å². The minimum Gasteiger partial charge on any atom is -0.348 e. The van der Waals surface area contributed by atoms with E-state index in [4.69, 9.17) is 0 Å². The largest absolute Gasteiger partial charge is 0.348 e. The molecule has 6 nitrogen and oxygen atoms in total. The fourth-order valence-electron chi connectivity index (χ4n) is 1.79. The summed E-state index contributed by atoms with van der Waals surface area (Å²) in [6, 6.07) is 4.94. The number of nitrogens with one attached hydrogen (secondary N) is 2. The number of hydrogen-bond donors (Lipinski definition) is 2. The van der Waals surface area contributed by atoms with Gasteiger partial charge in [0.1, 0.15) is 5.56 Å². The molecule has 2 aromatic heterocycles. The first-order valence-corrected chi connectivity index (χ1v) is 6.04. The van der Waals surface area contributed by atoms with E-state index < -0.39 is 0 Å². The maximum atomic E-state index is 12.0. The van der Waals surface area contributed by atoms with Crippen LogP contribution in [0.1, 0.15) is 23.0 Å². The smallest absolute Gasteiger partial charge is 0.260 e. The number of aromatic amines is 1. The molecule has 1 amide bonds. The van der Waals surface area contributed by atoms with Crippen molar-refractivity contribution in [1.82, 2.24) is 20.1 Å². The second-order valence-electron chi connectivity index (χ2n) is 4.49. The molecule has 19 heavy (non-hydrogen) atoms. The summed E-state index contributed by atoms with van der Waals surface area (Å²) in [7, 11) is 0. The zero-order valence-electron chi connectivity index (χ0n) is 10.9. The van der Waals surface area contributed by atoms with Gasteiger partial charge in [-0.1, -0.05) is 0 Å². The lowest BCUT2D eigenvalue weighted by Crippen LogP contribution is -2.38. The van der Waals surface area contributed by atoms with Crippen LogP contribution in [0.4, 0.5) is 0 Å². The van der Waals surface area contributed by atoms with Crippen molar-refractivity contribution in [2.75, 3.05) is 0 Å². The molecule has 0 aliphatic rings. The Morgan fingerprint density at radius 3 is 2.95 bits per heavy atom. The summed E-state index contributed by atoms with van der Waals surface area (Å²) in [5, 5.41) is 6.84. The van der Waals surface area contributed by atoms with Crippen molar-refractivity contribution >= 4 is 5.91 Å². The van der Waals surface area contributed by atoms with E-state index in [0.717, 1.165) is 5.69 Å². The van der Waals surface area contributed by atoms with Gasteiger partial charge in [0.25, 0.3) is 11.5 Å². The number of hydrogen-bond acceptors (Lipinski definition) is 3. The Kier molecular flexibility index (Phi) is 3.79. The summed E-state index contributed by atoms with van der Waals surface area (Å²) in [5.74, 6) is -0.374. The van der Waals surface area contributed by atoms with E-state index in [-0.39, 0.29) is 23.1 Å². The molecule has 2 heterocycles.